The van der Waals surface area contributed by atoms with Crippen LogP contribution in [0.4, 0.5) is 4.39 Å². The number of nitrogens with two attached hydrogens (primary N) is 1. The SMILES string of the molecule is CCCC(N)C(CC)S(=O)c1ccccc1F. The first-order valence-corrected chi connectivity index (χ1v) is 7.23. The van der Waals surface area contributed by atoms with Crippen LogP contribution in [0.25, 0.3) is 0 Å². The van der Waals surface area contributed by atoms with Crippen LogP contribution in [0.5, 0.6) is 0 Å². The van der Waals surface area contributed by atoms with E-state index in [2.05, 4.69) is 0 Å². The lowest BCUT2D eigenvalue weighted by molar-refractivity contribution is 0.544. The lowest BCUT2D eigenvalue weighted by Gasteiger charge is -2.21. The van der Waals surface area contributed by atoms with E-state index in [0.29, 0.717) is 6.42 Å². The van der Waals surface area contributed by atoms with Gasteiger partial charge < -0.3 is 5.73 Å². The smallest absolute Gasteiger partial charge is 0.139 e. The minimum Gasteiger partial charge on any atom is -0.327 e. The van der Waals surface area contributed by atoms with Crippen molar-refractivity contribution < 1.29 is 8.60 Å². The lowest BCUT2D eigenvalue weighted by Crippen LogP contribution is -2.37. The Balaban J connectivity index is 2.90. The molecule has 96 valence electrons. The molecule has 0 aliphatic carbocycles. The predicted molar refractivity (Wildman–Crippen MR) is 69.8 cm³/mol. The van der Waals surface area contributed by atoms with E-state index < -0.39 is 16.6 Å². The topological polar surface area (TPSA) is 43.1 Å². The molecule has 0 aliphatic rings. The molecule has 0 aromatic heterocycles. The van der Waals surface area contributed by atoms with Crippen LogP contribution in [0, 0.1) is 5.82 Å². The summed E-state index contributed by atoms with van der Waals surface area (Å²) in [7, 11) is -1.36. The normalized spacial score (nSPS) is 16.5. The molecular weight excluding hydrogens is 237 g/mol. The summed E-state index contributed by atoms with van der Waals surface area (Å²) in [5.41, 5.74) is 6.01. The van der Waals surface area contributed by atoms with Crippen LogP contribution in [0.15, 0.2) is 29.2 Å². The number of benzene rings is 1. The molecule has 4 heteroatoms. The summed E-state index contributed by atoms with van der Waals surface area (Å²) in [4.78, 5) is 0.269. The number of hydrogen-bond acceptors (Lipinski definition) is 2. The maximum Gasteiger partial charge on any atom is 0.139 e. The maximum absolute atomic E-state index is 13.6. The second-order valence-corrected chi connectivity index (χ2v) is 5.77. The highest BCUT2D eigenvalue weighted by molar-refractivity contribution is 7.85. The van der Waals surface area contributed by atoms with Gasteiger partial charge >= 0.3 is 0 Å². The highest BCUT2D eigenvalue weighted by atomic mass is 32.2. The van der Waals surface area contributed by atoms with E-state index in [1.807, 2.05) is 13.8 Å². The van der Waals surface area contributed by atoms with Crippen molar-refractivity contribution in [2.75, 3.05) is 0 Å². The standard InChI is InChI=1S/C13H20FNOS/c1-3-7-11(15)12(4-2)17(16)13-9-6-5-8-10(13)14/h5-6,8-9,11-12H,3-4,7,15H2,1-2H3. The van der Waals surface area contributed by atoms with Crippen molar-refractivity contribution in [3.05, 3.63) is 30.1 Å². The first-order valence-electron chi connectivity index (χ1n) is 6.02. The first-order chi connectivity index (χ1) is 8.11. The van der Waals surface area contributed by atoms with Crippen LogP contribution in [0.3, 0.4) is 0 Å². The lowest BCUT2D eigenvalue weighted by atomic mass is 10.1. The van der Waals surface area contributed by atoms with Crippen molar-refractivity contribution in [3.63, 3.8) is 0 Å². The van der Waals surface area contributed by atoms with E-state index in [1.54, 1.807) is 18.2 Å². The third kappa shape index (κ3) is 3.61. The van der Waals surface area contributed by atoms with Gasteiger partial charge in [-0.05, 0) is 25.0 Å². The molecule has 2 N–H and O–H groups in total. The first kappa shape index (κ1) is 14.3. The van der Waals surface area contributed by atoms with Gasteiger partial charge in [0.2, 0.25) is 0 Å². The average molecular weight is 257 g/mol. The highest BCUT2D eigenvalue weighted by Crippen LogP contribution is 2.20. The van der Waals surface area contributed by atoms with Gasteiger partial charge in [0.25, 0.3) is 0 Å². The van der Waals surface area contributed by atoms with Crippen LogP contribution in [0.2, 0.25) is 0 Å². The predicted octanol–water partition coefficient (Wildman–Crippen LogP) is 2.84. The van der Waals surface area contributed by atoms with E-state index in [0.717, 1.165) is 12.8 Å². The quantitative estimate of drug-likeness (QED) is 0.851. The average Bonchev–Trinajstić information content (AvgIpc) is 2.30. The number of rotatable bonds is 6. The molecule has 2 nitrogen and oxygen atoms in total. The van der Waals surface area contributed by atoms with Gasteiger partial charge in [0.1, 0.15) is 5.82 Å². The van der Waals surface area contributed by atoms with E-state index in [-0.39, 0.29) is 16.2 Å². The summed E-state index contributed by atoms with van der Waals surface area (Å²) >= 11 is 0. The Morgan fingerprint density at radius 1 is 1.35 bits per heavy atom. The van der Waals surface area contributed by atoms with Crippen LogP contribution in [0.1, 0.15) is 33.1 Å². The minimum atomic E-state index is -1.36. The van der Waals surface area contributed by atoms with Crippen molar-refractivity contribution in [1.82, 2.24) is 0 Å². The van der Waals surface area contributed by atoms with Gasteiger partial charge in [-0.2, -0.15) is 0 Å². The molecular formula is C13H20FNOS. The molecule has 0 fully saturated rings. The zero-order chi connectivity index (χ0) is 12.8. The monoisotopic (exact) mass is 257 g/mol. The van der Waals surface area contributed by atoms with Crippen molar-refractivity contribution in [2.45, 2.75) is 49.3 Å². The van der Waals surface area contributed by atoms with Crippen molar-refractivity contribution in [3.8, 4) is 0 Å². The summed E-state index contributed by atoms with van der Waals surface area (Å²) in [6.07, 6.45) is 2.47. The Kier molecular flexibility index (Phi) is 5.78. The fourth-order valence-electron chi connectivity index (χ4n) is 1.90. The molecule has 0 heterocycles. The van der Waals surface area contributed by atoms with Gasteiger partial charge in [0.15, 0.2) is 0 Å². The number of halogens is 1. The van der Waals surface area contributed by atoms with Crippen LogP contribution < -0.4 is 5.73 Å². The summed E-state index contributed by atoms with van der Waals surface area (Å²) in [5.74, 6) is -0.409. The molecule has 0 aliphatic heterocycles. The molecule has 1 rings (SSSR count). The van der Waals surface area contributed by atoms with E-state index in [4.69, 9.17) is 5.73 Å². The zero-order valence-corrected chi connectivity index (χ0v) is 11.2. The summed E-state index contributed by atoms with van der Waals surface area (Å²) in [6, 6.07) is 6.08. The highest BCUT2D eigenvalue weighted by Gasteiger charge is 2.24. The molecule has 3 unspecified atom stereocenters. The molecule has 17 heavy (non-hydrogen) atoms. The maximum atomic E-state index is 13.6. The fourth-order valence-corrected chi connectivity index (χ4v) is 3.46. The van der Waals surface area contributed by atoms with Crippen LogP contribution in [-0.2, 0) is 10.8 Å². The summed E-state index contributed by atoms with van der Waals surface area (Å²) in [6.45, 7) is 3.98. The van der Waals surface area contributed by atoms with Gasteiger partial charge in [-0.25, -0.2) is 4.39 Å². The Hall–Kier alpha value is -0.740. The Morgan fingerprint density at radius 3 is 2.53 bits per heavy atom. The third-order valence-corrected chi connectivity index (χ3v) is 4.83. The second-order valence-electron chi connectivity index (χ2n) is 4.13. The Morgan fingerprint density at radius 2 is 2.00 bits per heavy atom. The molecule has 1 aromatic rings. The molecule has 0 saturated carbocycles. The molecule has 0 bridgehead atoms. The van der Waals surface area contributed by atoms with Crippen molar-refractivity contribution in [1.29, 1.82) is 0 Å². The fraction of sp³-hybridized carbons (Fsp3) is 0.538. The van der Waals surface area contributed by atoms with Gasteiger partial charge in [0, 0.05) is 6.04 Å². The largest absolute Gasteiger partial charge is 0.327 e. The molecule has 0 spiro atoms. The van der Waals surface area contributed by atoms with Crippen molar-refractivity contribution in [2.24, 2.45) is 5.73 Å². The van der Waals surface area contributed by atoms with Crippen molar-refractivity contribution >= 4 is 10.8 Å². The molecule has 3 atom stereocenters. The second kappa shape index (κ2) is 6.87. The third-order valence-electron chi connectivity index (χ3n) is 2.83. The summed E-state index contributed by atoms with van der Waals surface area (Å²) < 4.78 is 25.9. The van der Waals surface area contributed by atoms with Gasteiger partial charge in [0.05, 0.1) is 20.9 Å². The molecule has 1 aromatic carbocycles. The molecule has 0 amide bonds. The molecule has 0 saturated heterocycles. The zero-order valence-electron chi connectivity index (χ0n) is 10.4. The van der Waals surface area contributed by atoms with Crippen LogP contribution in [-0.4, -0.2) is 15.5 Å². The Labute approximate surface area is 105 Å². The molecule has 0 radical (unpaired) electrons. The van der Waals surface area contributed by atoms with E-state index in [9.17, 15) is 8.60 Å². The Bertz CT molecular complexity index is 383. The van der Waals surface area contributed by atoms with E-state index >= 15 is 0 Å². The number of hydrogen-bond donors (Lipinski definition) is 1. The van der Waals surface area contributed by atoms with Gasteiger partial charge in [-0.1, -0.05) is 32.4 Å². The van der Waals surface area contributed by atoms with E-state index in [1.165, 1.54) is 6.07 Å². The van der Waals surface area contributed by atoms with Gasteiger partial charge in [-0.15, -0.1) is 0 Å². The minimum absolute atomic E-state index is 0.134. The summed E-state index contributed by atoms with van der Waals surface area (Å²) in [5, 5.41) is -0.174. The van der Waals surface area contributed by atoms with Gasteiger partial charge in [-0.3, -0.25) is 4.21 Å². The van der Waals surface area contributed by atoms with Crippen LogP contribution >= 0.6 is 0 Å².